The molecule has 0 unspecified atom stereocenters. The molecule has 3 heterocycles. The first-order valence-electron chi connectivity index (χ1n) is 25.3. The molecule has 3 aromatic heterocycles. The van der Waals surface area contributed by atoms with E-state index in [4.69, 9.17) is 4.98 Å². The Morgan fingerprint density at radius 3 is 2.04 bits per heavy atom. The van der Waals surface area contributed by atoms with Crippen molar-refractivity contribution in [2.45, 2.75) is 86.3 Å². The van der Waals surface area contributed by atoms with E-state index in [-0.39, 0.29) is 31.9 Å². The predicted molar refractivity (Wildman–Crippen MR) is 302 cm³/mol. The van der Waals surface area contributed by atoms with Gasteiger partial charge >= 0.3 is 0 Å². The minimum absolute atomic E-state index is 0. The number of nitrogens with zero attached hydrogens (tertiary/aromatic N) is 3. The average molecular weight is 1130 g/mol. The van der Waals surface area contributed by atoms with Crippen molar-refractivity contribution in [2.24, 2.45) is 5.41 Å². The largest absolute Gasteiger partial charge is 0.333 e. The van der Waals surface area contributed by atoms with Crippen LogP contribution in [-0.4, -0.2) is 22.6 Å². The summed E-state index contributed by atoms with van der Waals surface area (Å²) >= 11 is 1.73. The smallest absolute Gasteiger partial charge is 0.0795 e. The fourth-order valence-electron chi connectivity index (χ4n) is 9.58. The second kappa shape index (κ2) is 19.6. The summed E-state index contributed by atoms with van der Waals surface area (Å²) in [6.45, 7) is 22.1. The van der Waals surface area contributed by atoms with Crippen molar-refractivity contribution >= 4 is 77.3 Å². The summed E-state index contributed by atoms with van der Waals surface area (Å²) in [6.07, 6.45) is 0.387. The number of fused-ring (bicyclic) bond motifs is 7. The Morgan fingerprint density at radius 1 is 0.686 bits per heavy atom. The van der Waals surface area contributed by atoms with E-state index in [1.165, 1.54) is 49.3 Å². The van der Waals surface area contributed by atoms with E-state index in [9.17, 15) is 2.74 Å². The first-order valence-corrected chi connectivity index (χ1v) is 28.6. The zero-order valence-electron chi connectivity index (χ0n) is 43.8. The summed E-state index contributed by atoms with van der Waals surface area (Å²) in [5.74, 6) is 1.30. The molecule has 0 saturated carbocycles. The molecule has 0 aliphatic heterocycles. The van der Waals surface area contributed by atoms with Gasteiger partial charge in [0.25, 0.3) is 0 Å². The molecular weight excluding hydrogens is 1060 g/mol. The molecule has 0 amide bonds. The fraction of sp³-hybridized carbons (Fsp3) is 0.219. The van der Waals surface area contributed by atoms with Crippen LogP contribution in [0.15, 0.2) is 164 Å². The second-order valence-electron chi connectivity index (χ2n) is 21.0. The summed E-state index contributed by atoms with van der Waals surface area (Å²) in [5.41, 5.74) is 11.1. The van der Waals surface area contributed by atoms with Crippen LogP contribution in [0.4, 0.5) is 0 Å². The Labute approximate surface area is 435 Å². The Hall–Kier alpha value is -6.01. The van der Waals surface area contributed by atoms with Crippen LogP contribution in [0.25, 0.3) is 92.2 Å². The predicted octanol–water partition coefficient (Wildman–Crippen LogP) is 17.8. The first kappa shape index (κ1) is 46.4. The van der Waals surface area contributed by atoms with E-state index in [0.29, 0.717) is 5.56 Å². The van der Waals surface area contributed by atoms with Crippen molar-refractivity contribution in [1.82, 2.24) is 14.5 Å². The number of para-hydroxylation sites is 2. The number of benzene rings is 8. The van der Waals surface area contributed by atoms with Gasteiger partial charge in [-0.05, 0) is 118 Å². The Kier molecular flexibility index (Phi) is 13.0. The van der Waals surface area contributed by atoms with Gasteiger partial charge in [0.1, 0.15) is 0 Å². The van der Waals surface area contributed by atoms with Gasteiger partial charge in [-0.2, -0.15) is 11.3 Å². The quantitative estimate of drug-likeness (QED) is 0.0862. The summed E-state index contributed by atoms with van der Waals surface area (Å²) in [7, 11) is -1.23. The topological polar surface area (TPSA) is 30.7 Å². The van der Waals surface area contributed by atoms with E-state index in [1.807, 2.05) is 57.3 Å². The second-order valence-corrected chi connectivity index (χ2v) is 27.1. The molecule has 0 spiro atoms. The number of rotatable bonds is 8. The SMILES string of the molecule is C[Si](C)(C)c1ccc(-c2[c-]cccc2)nc1.[2H]C([2H])(c1c[c-]c(-c2nc3ccccc3n2-c2c(C(C)C)cc(-c3ccccc3)cc2C(C)C)c2sc3cc4c(ccc5ccccc54)cc3c12)C(C)(C)C.[Ir]. The van der Waals surface area contributed by atoms with Crippen LogP contribution in [0.3, 0.4) is 0 Å². The molecule has 0 aliphatic carbocycles. The van der Waals surface area contributed by atoms with Crippen molar-refractivity contribution < 1.29 is 22.8 Å². The number of pyridine rings is 1. The van der Waals surface area contributed by atoms with Crippen LogP contribution in [0, 0.1) is 17.5 Å². The zero-order chi connectivity index (χ0) is 50.0. The van der Waals surface area contributed by atoms with Crippen molar-refractivity contribution in [3.8, 4) is 39.5 Å². The molecule has 0 fully saturated rings. The molecule has 6 heteroatoms. The summed E-state index contributed by atoms with van der Waals surface area (Å²) in [5, 5.41) is 8.21. The molecule has 0 aliphatic rings. The maximum atomic E-state index is 9.60. The number of aromatic nitrogens is 3. The van der Waals surface area contributed by atoms with Crippen LogP contribution in [0.2, 0.25) is 19.6 Å². The van der Waals surface area contributed by atoms with Crippen LogP contribution in [0.5, 0.6) is 0 Å². The molecule has 3 nitrogen and oxygen atoms in total. The first-order chi connectivity index (χ1) is 33.9. The molecule has 0 bridgehead atoms. The van der Waals surface area contributed by atoms with Crippen LogP contribution < -0.4 is 5.19 Å². The van der Waals surface area contributed by atoms with E-state index in [0.717, 1.165) is 59.2 Å². The molecule has 0 N–H and O–H groups in total. The van der Waals surface area contributed by atoms with Crippen LogP contribution in [-0.2, 0) is 26.5 Å². The molecule has 0 atom stereocenters. The van der Waals surface area contributed by atoms with Gasteiger partial charge in [0.2, 0.25) is 0 Å². The van der Waals surface area contributed by atoms with Crippen LogP contribution >= 0.6 is 11.3 Å². The fourth-order valence-corrected chi connectivity index (χ4v) is 11.9. The van der Waals surface area contributed by atoms with Gasteiger partial charge in [0, 0.05) is 39.4 Å². The Balaban J connectivity index is 0.000000321. The van der Waals surface area contributed by atoms with E-state index in [2.05, 4.69) is 196 Å². The number of hydrogen-bond donors (Lipinski definition) is 0. The van der Waals surface area contributed by atoms with E-state index >= 15 is 0 Å². The summed E-state index contributed by atoms with van der Waals surface area (Å²) in [4.78, 5) is 9.96. The minimum atomic E-state index is -1.63. The minimum Gasteiger partial charge on any atom is -0.333 e. The van der Waals surface area contributed by atoms with Gasteiger partial charge in [-0.3, -0.25) is 4.98 Å². The van der Waals surface area contributed by atoms with Crippen molar-refractivity contribution in [2.75, 3.05) is 0 Å². The standard InChI is InChI=1S/C50H45N2S.C14H16NSi.Ir/c1-30(2)39-26-36(32-15-9-8-10-16-32)27-40(31(3)4)47(39)52-44-20-14-13-19-43(44)51-49(52)38-24-23-35(29-50(5,6)7)46-42-25-34-22-21-33-17-11-12-18-37(33)41(34)28-45(42)53-48(38)46;1-16(2,3)13-9-10-14(15-11-13)12-7-5-4-6-8-12;/h8-23,25-28,30-31H,29H2,1-7H3;4-7,9-11H,1-3H3;/q2*-1;/i29D2;;. The van der Waals surface area contributed by atoms with Crippen molar-refractivity contribution in [1.29, 1.82) is 0 Å². The summed E-state index contributed by atoms with van der Waals surface area (Å²) in [6, 6.07) is 62.5. The van der Waals surface area contributed by atoms with Crippen LogP contribution in [0.1, 0.15) is 79.7 Å². The van der Waals surface area contributed by atoms with Crippen molar-refractivity contribution in [3.05, 3.63) is 193 Å². The Morgan fingerprint density at radius 2 is 1.37 bits per heavy atom. The third kappa shape index (κ3) is 9.60. The van der Waals surface area contributed by atoms with Crippen molar-refractivity contribution in [3.63, 3.8) is 0 Å². The van der Waals surface area contributed by atoms with Gasteiger partial charge in [0.15, 0.2) is 0 Å². The summed E-state index contributed by atoms with van der Waals surface area (Å²) < 4.78 is 23.7. The maximum Gasteiger partial charge on any atom is 0.0795 e. The molecule has 353 valence electrons. The molecule has 11 aromatic rings. The van der Waals surface area contributed by atoms with E-state index in [1.54, 1.807) is 11.3 Å². The average Bonchev–Trinajstić information content (AvgIpc) is 3.93. The number of thiophene rings is 1. The number of hydrogen-bond acceptors (Lipinski definition) is 3. The zero-order valence-corrected chi connectivity index (χ0v) is 46.0. The van der Waals surface area contributed by atoms with Gasteiger partial charge in [-0.25, -0.2) is 0 Å². The molecule has 1 radical (unpaired) electrons. The number of imidazole rings is 1. The van der Waals surface area contributed by atoms with Gasteiger partial charge in [0.05, 0.1) is 24.9 Å². The molecule has 70 heavy (non-hydrogen) atoms. The van der Waals surface area contributed by atoms with Gasteiger partial charge in [-0.15, -0.1) is 53.6 Å². The van der Waals surface area contributed by atoms with E-state index < -0.39 is 19.9 Å². The Bertz CT molecular complexity index is 3720. The third-order valence-corrected chi connectivity index (χ3v) is 16.3. The molecular formula is C64H61IrN3SSi-2. The third-order valence-electron chi connectivity index (χ3n) is 13.1. The van der Waals surface area contributed by atoms with Gasteiger partial charge < -0.3 is 9.55 Å². The molecule has 11 rings (SSSR count). The van der Waals surface area contributed by atoms with Gasteiger partial charge in [-0.1, -0.05) is 176 Å². The normalized spacial score (nSPS) is 12.7. The maximum absolute atomic E-state index is 9.60. The molecule has 0 saturated heterocycles. The molecule has 8 aromatic carbocycles. The monoisotopic (exact) mass is 1130 g/mol.